The summed E-state index contributed by atoms with van der Waals surface area (Å²) in [5.41, 5.74) is 6.39. The molecule has 0 aliphatic rings. The molecule has 7 nitrogen and oxygen atoms in total. The van der Waals surface area contributed by atoms with Crippen molar-refractivity contribution in [2.24, 2.45) is 0 Å². The third-order valence-corrected chi connectivity index (χ3v) is 12.9. The maximum atomic E-state index is 18.2. The van der Waals surface area contributed by atoms with Gasteiger partial charge in [-0.15, -0.1) is 0 Å². The molecule has 5 heterocycles. The predicted octanol–water partition coefficient (Wildman–Crippen LogP) is 15.1. The number of hydrogen-bond donors (Lipinski definition) is 0. The Labute approximate surface area is 373 Å². The molecule has 0 N–H and O–H groups in total. The van der Waals surface area contributed by atoms with Gasteiger partial charge in [0.2, 0.25) is 0 Å². The topological polar surface area (TPSA) is 74.8 Å². The Hall–Kier alpha value is -8.95. The average Bonchev–Trinajstić information content (AvgIpc) is 4.13. The van der Waals surface area contributed by atoms with Crippen LogP contribution in [-0.2, 0) is 0 Å². The van der Waals surface area contributed by atoms with Gasteiger partial charge < -0.3 is 18.0 Å². The number of halogens is 2. The van der Waals surface area contributed by atoms with E-state index < -0.39 is 11.6 Å². The number of furan rings is 2. The smallest absolute Gasteiger partial charge is 0.191 e. The van der Waals surface area contributed by atoms with E-state index in [0.717, 1.165) is 54.4 Å². The van der Waals surface area contributed by atoms with E-state index >= 15 is 8.78 Å². The summed E-state index contributed by atoms with van der Waals surface area (Å²) in [6.45, 7) is 0. The Kier molecular flexibility index (Phi) is 7.62. The van der Waals surface area contributed by atoms with Gasteiger partial charge in [0.1, 0.15) is 11.2 Å². The fourth-order valence-corrected chi connectivity index (χ4v) is 10.1. The Morgan fingerprint density at radius 1 is 0.333 bits per heavy atom. The highest BCUT2D eigenvalue weighted by Crippen LogP contribution is 2.45. The largest absolute Gasteiger partial charge is 0.453 e. The fraction of sp³-hybridized carbons (Fsp3) is 0. The van der Waals surface area contributed by atoms with Gasteiger partial charge in [0.05, 0.1) is 33.4 Å². The molecule has 14 rings (SSSR count). The molecule has 0 aliphatic carbocycles. The van der Waals surface area contributed by atoms with Crippen LogP contribution in [0.2, 0.25) is 0 Å². The van der Waals surface area contributed by atoms with Crippen molar-refractivity contribution < 1.29 is 17.6 Å². The van der Waals surface area contributed by atoms with E-state index in [9.17, 15) is 0 Å². The molecule has 9 aromatic carbocycles. The second kappa shape index (κ2) is 13.8. The Morgan fingerprint density at radius 2 is 0.667 bits per heavy atom. The maximum Gasteiger partial charge on any atom is 0.191 e. The molecular weight excluding hydrogens is 825 g/mol. The van der Waals surface area contributed by atoms with Crippen molar-refractivity contribution in [1.29, 1.82) is 0 Å². The Bertz CT molecular complexity index is 3970. The van der Waals surface area contributed by atoms with Gasteiger partial charge in [-0.3, -0.25) is 0 Å². The lowest BCUT2D eigenvalue weighted by atomic mass is 10.0. The molecule has 0 bridgehead atoms. The monoisotopic (exact) mass is 855 g/mol. The zero-order valence-electron chi connectivity index (χ0n) is 34.7. The summed E-state index contributed by atoms with van der Waals surface area (Å²) in [6.07, 6.45) is 0. The van der Waals surface area contributed by atoms with Crippen molar-refractivity contribution >= 4 is 87.5 Å². The first-order valence-corrected chi connectivity index (χ1v) is 21.7. The third-order valence-electron chi connectivity index (χ3n) is 12.9. The normalized spacial score (nSPS) is 12.1. The zero-order valence-corrected chi connectivity index (χ0v) is 34.7. The minimum absolute atomic E-state index is 0.113. The van der Waals surface area contributed by atoms with E-state index in [2.05, 4.69) is 0 Å². The third kappa shape index (κ3) is 5.13. The molecule has 310 valence electrons. The summed E-state index contributed by atoms with van der Waals surface area (Å²) in [6, 6.07) is 60.3. The lowest BCUT2D eigenvalue weighted by Gasteiger charge is -2.18. The molecule has 0 fully saturated rings. The molecule has 0 saturated carbocycles. The first-order chi connectivity index (χ1) is 32.6. The van der Waals surface area contributed by atoms with E-state index in [1.807, 2.05) is 197 Å². The maximum absolute atomic E-state index is 18.2. The lowest BCUT2D eigenvalue weighted by Crippen LogP contribution is -2.08. The predicted molar refractivity (Wildman–Crippen MR) is 259 cm³/mol. The van der Waals surface area contributed by atoms with Crippen molar-refractivity contribution in [2.75, 3.05) is 0 Å². The van der Waals surface area contributed by atoms with E-state index in [-0.39, 0.29) is 34.2 Å². The highest BCUT2D eigenvalue weighted by Gasteiger charge is 2.30. The van der Waals surface area contributed by atoms with Crippen molar-refractivity contribution in [1.82, 2.24) is 24.1 Å². The quantitative estimate of drug-likeness (QED) is 0.172. The molecular formula is C57H31F2N5O2. The highest BCUT2D eigenvalue weighted by molar-refractivity contribution is 6.14. The summed E-state index contributed by atoms with van der Waals surface area (Å²) < 4.78 is 52.9. The molecule has 0 amide bonds. The number of para-hydroxylation sites is 6. The van der Waals surface area contributed by atoms with Crippen molar-refractivity contribution in [2.45, 2.75) is 0 Å². The van der Waals surface area contributed by atoms with Crippen molar-refractivity contribution in [3.63, 3.8) is 0 Å². The van der Waals surface area contributed by atoms with E-state index in [0.29, 0.717) is 44.5 Å². The molecule has 5 aromatic heterocycles. The van der Waals surface area contributed by atoms with Crippen molar-refractivity contribution in [3.8, 4) is 45.5 Å². The van der Waals surface area contributed by atoms with Crippen molar-refractivity contribution in [3.05, 3.63) is 200 Å². The number of nitrogens with zero attached hydrogens (tertiary/aromatic N) is 5. The summed E-state index contributed by atoms with van der Waals surface area (Å²) in [5, 5.41) is 6.43. The summed E-state index contributed by atoms with van der Waals surface area (Å²) >= 11 is 0. The zero-order chi connectivity index (χ0) is 43.6. The molecule has 0 saturated heterocycles. The van der Waals surface area contributed by atoms with Gasteiger partial charge in [-0.1, -0.05) is 140 Å². The van der Waals surface area contributed by atoms with E-state index in [4.69, 9.17) is 23.8 Å². The van der Waals surface area contributed by atoms with Crippen LogP contribution >= 0.6 is 0 Å². The number of rotatable bonds is 5. The molecule has 66 heavy (non-hydrogen) atoms. The van der Waals surface area contributed by atoms with E-state index in [1.165, 1.54) is 0 Å². The van der Waals surface area contributed by atoms with Gasteiger partial charge >= 0.3 is 0 Å². The molecule has 9 heteroatoms. The van der Waals surface area contributed by atoms with Crippen LogP contribution in [0.15, 0.2) is 197 Å². The molecule has 0 unspecified atom stereocenters. The highest BCUT2D eigenvalue weighted by atomic mass is 19.1. The Balaban J connectivity index is 1.15. The van der Waals surface area contributed by atoms with Gasteiger partial charge in [0.15, 0.2) is 40.3 Å². The van der Waals surface area contributed by atoms with Gasteiger partial charge in [-0.25, -0.2) is 23.7 Å². The van der Waals surface area contributed by atoms with Crippen LogP contribution in [0.1, 0.15) is 0 Å². The van der Waals surface area contributed by atoms with Crippen LogP contribution in [0, 0.1) is 11.6 Å². The molecule has 0 spiro atoms. The second-order valence-electron chi connectivity index (χ2n) is 16.5. The lowest BCUT2D eigenvalue weighted by molar-refractivity contribution is 0.580. The number of hydrogen-bond acceptors (Lipinski definition) is 5. The first kappa shape index (κ1) is 36.5. The van der Waals surface area contributed by atoms with Crippen LogP contribution in [0.25, 0.3) is 133 Å². The number of fused-ring (bicyclic) bond motifs is 12. The fourth-order valence-electron chi connectivity index (χ4n) is 10.1. The SMILES string of the molecule is Fc1c(-n2c3ccccc3c3ccccc32)c(-c2nc(-c3ccccc3)nc(-c3cc4c(oc5ccccc54)c(F)c3-n3c4ccccc4c4ccccc43)n2)cc2c1oc1ccccc12. The minimum atomic E-state index is -0.572. The van der Waals surface area contributed by atoms with E-state index in [1.54, 1.807) is 0 Å². The number of aromatic nitrogens is 5. The minimum Gasteiger partial charge on any atom is -0.453 e. The van der Waals surface area contributed by atoms with Crippen LogP contribution in [0.3, 0.4) is 0 Å². The summed E-state index contributed by atoms with van der Waals surface area (Å²) in [4.78, 5) is 15.8. The number of benzene rings is 9. The second-order valence-corrected chi connectivity index (χ2v) is 16.5. The van der Waals surface area contributed by atoms with Gasteiger partial charge in [0, 0.05) is 59.8 Å². The molecule has 0 atom stereocenters. The van der Waals surface area contributed by atoms with Crippen LogP contribution in [0.5, 0.6) is 0 Å². The van der Waals surface area contributed by atoms with Gasteiger partial charge in [-0.2, -0.15) is 0 Å². The van der Waals surface area contributed by atoms with Crippen LogP contribution < -0.4 is 0 Å². The molecule has 14 aromatic rings. The molecule has 0 aliphatic heterocycles. The average molecular weight is 856 g/mol. The Morgan fingerprint density at radius 3 is 1.08 bits per heavy atom. The standard InChI is InChI=1S/C57H31F2N5O2/c58-49-51(63-43-24-10-4-18-33(43)34-19-5-11-25-44(34)63)41(30-39-37-22-8-14-28-47(37)65-53(39)49)56-60-55(32-16-2-1-3-17-32)61-57(62-56)42-31-40-38-23-9-15-29-48(38)66-54(40)50(59)52(42)64-45-26-12-6-20-35(45)36-21-7-13-27-46(36)64/h1-31H. The first-order valence-electron chi connectivity index (χ1n) is 21.7. The van der Waals surface area contributed by atoms with Crippen LogP contribution in [0.4, 0.5) is 8.78 Å². The summed E-state index contributed by atoms with van der Waals surface area (Å²) in [5.74, 6) is -0.444. The van der Waals surface area contributed by atoms with Gasteiger partial charge in [0.25, 0.3) is 0 Å². The molecule has 0 radical (unpaired) electrons. The van der Waals surface area contributed by atoms with Crippen LogP contribution in [-0.4, -0.2) is 24.1 Å². The van der Waals surface area contributed by atoms with Gasteiger partial charge in [-0.05, 0) is 48.5 Å². The summed E-state index contributed by atoms with van der Waals surface area (Å²) in [7, 11) is 0.